The van der Waals surface area contributed by atoms with Crippen LogP contribution in [0.2, 0.25) is 0 Å². The fourth-order valence-electron chi connectivity index (χ4n) is 2.65. The molecular weight excluding hydrogens is 321 g/mol. The minimum Gasteiger partial charge on any atom is -0.494 e. The zero-order valence-corrected chi connectivity index (χ0v) is 14.2. The molecule has 0 fully saturated rings. The molecule has 0 bridgehead atoms. The van der Waals surface area contributed by atoms with Gasteiger partial charge in [0.25, 0.3) is 0 Å². The van der Waals surface area contributed by atoms with Gasteiger partial charge in [0.1, 0.15) is 5.82 Å². The number of nitrogens with one attached hydrogen (secondary N) is 1. The summed E-state index contributed by atoms with van der Waals surface area (Å²) in [4.78, 5) is 8.97. The van der Waals surface area contributed by atoms with Crippen LogP contribution >= 0.6 is 0 Å². The Hall–Kier alpha value is -2.86. The molecule has 2 aromatic carbocycles. The number of H-pyrrole nitrogens is 1. The largest absolute Gasteiger partial charge is 0.494 e. The monoisotopic (exact) mass is 341 g/mol. The minimum absolute atomic E-state index is 0.0429. The lowest BCUT2D eigenvalue weighted by Crippen LogP contribution is -2.22. The van der Waals surface area contributed by atoms with Gasteiger partial charge in [0.2, 0.25) is 0 Å². The normalized spacial score (nSPS) is 11.5. The van der Waals surface area contributed by atoms with Gasteiger partial charge in [0.15, 0.2) is 5.88 Å². The van der Waals surface area contributed by atoms with E-state index < -0.39 is 0 Å². The quantitative estimate of drug-likeness (QED) is 0.670. The topological polar surface area (TPSA) is 60.9 Å². The molecule has 0 unspecified atom stereocenters. The molecule has 0 saturated carbocycles. The summed E-state index contributed by atoms with van der Waals surface area (Å²) in [5, 5.41) is 10.9. The van der Waals surface area contributed by atoms with Gasteiger partial charge < -0.3 is 19.7 Å². The van der Waals surface area contributed by atoms with E-state index in [-0.39, 0.29) is 11.7 Å². The maximum atomic E-state index is 14.3. The number of hydrogen-bond acceptors (Lipinski definition) is 4. The van der Waals surface area contributed by atoms with E-state index in [1.807, 2.05) is 31.3 Å². The van der Waals surface area contributed by atoms with Crippen molar-refractivity contribution in [2.45, 2.75) is 0 Å². The maximum Gasteiger partial charge on any atom is 0.198 e. The minimum atomic E-state index is -0.351. The second-order valence-electron chi connectivity index (χ2n) is 5.74. The van der Waals surface area contributed by atoms with Crippen LogP contribution in [0.1, 0.15) is 5.56 Å². The second kappa shape index (κ2) is 7.36. The van der Waals surface area contributed by atoms with Gasteiger partial charge >= 0.3 is 0 Å². The lowest BCUT2D eigenvalue weighted by Gasteiger charge is -2.19. The summed E-state index contributed by atoms with van der Waals surface area (Å²) in [6.45, 7) is 1.12. The number of fused-ring (bicyclic) bond motifs is 1. The lowest BCUT2D eigenvalue weighted by atomic mass is 10.2. The first kappa shape index (κ1) is 17.0. The molecule has 25 heavy (non-hydrogen) atoms. The third kappa shape index (κ3) is 3.64. The molecule has 3 aromatic rings. The number of hydrogen-bond donors (Lipinski definition) is 2. The molecule has 3 rings (SSSR count). The Balaban J connectivity index is 1.84. The zero-order chi connectivity index (χ0) is 17.8. The Bertz CT molecular complexity index is 905. The first-order chi connectivity index (χ1) is 12.1. The molecule has 1 aromatic heterocycles. The average molecular weight is 341 g/mol. The molecule has 0 amide bonds. The number of likely N-dealkylation sites (N-methyl/N-ethyl adjacent to an activating group) is 1. The number of halogens is 1. The predicted molar refractivity (Wildman–Crippen MR) is 98.8 cm³/mol. The van der Waals surface area contributed by atoms with Gasteiger partial charge in [-0.25, -0.2) is 4.39 Å². The summed E-state index contributed by atoms with van der Waals surface area (Å²) in [5.41, 5.74) is 2.37. The SMILES string of the molecule is COCCN(C)c1ccc(N=Cc2c(O)[nH]c3ccccc23)cc1F. The summed E-state index contributed by atoms with van der Waals surface area (Å²) >= 11 is 0. The Morgan fingerprint density at radius 3 is 2.84 bits per heavy atom. The highest BCUT2D eigenvalue weighted by Crippen LogP contribution is 2.27. The van der Waals surface area contributed by atoms with Gasteiger partial charge in [-0.3, -0.25) is 4.99 Å². The van der Waals surface area contributed by atoms with E-state index in [1.165, 1.54) is 12.3 Å². The van der Waals surface area contributed by atoms with Crippen molar-refractivity contribution in [1.29, 1.82) is 0 Å². The Labute approximate surface area is 145 Å². The van der Waals surface area contributed by atoms with Crippen molar-refractivity contribution in [2.75, 3.05) is 32.2 Å². The number of benzene rings is 2. The van der Waals surface area contributed by atoms with E-state index in [2.05, 4.69) is 9.98 Å². The molecule has 0 atom stereocenters. The molecule has 1 heterocycles. The van der Waals surface area contributed by atoms with Crippen molar-refractivity contribution in [1.82, 2.24) is 4.98 Å². The molecule has 5 nitrogen and oxygen atoms in total. The van der Waals surface area contributed by atoms with Crippen LogP contribution in [0, 0.1) is 5.82 Å². The number of aromatic amines is 1. The molecule has 2 N–H and O–H groups in total. The molecule has 130 valence electrons. The summed E-state index contributed by atoms with van der Waals surface area (Å²) in [7, 11) is 3.42. The van der Waals surface area contributed by atoms with Crippen molar-refractivity contribution in [2.24, 2.45) is 4.99 Å². The second-order valence-corrected chi connectivity index (χ2v) is 5.74. The summed E-state index contributed by atoms with van der Waals surface area (Å²) < 4.78 is 19.3. The van der Waals surface area contributed by atoms with Gasteiger partial charge in [0.05, 0.1) is 23.5 Å². The molecule has 0 radical (unpaired) electrons. The number of aromatic nitrogens is 1. The smallest absolute Gasteiger partial charge is 0.198 e. The summed E-state index contributed by atoms with van der Waals surface area (Å²) in [6.07, 6.45) is 1.54. The van der Waals surface area contributed by atoms with Gasteiger partial charge in [0, 0.05) is 43.9 Å². The first-order valence-electron chi connectivity index (χ1n) is 7.93. The van der Waals surface area contributed by atoms with Crippen molar-refractivity contribution < 1.29 is 14.2 Å². The third-order valence-corrected chi connectivity index (χ3v) is 4.04. The number of nitrogens with zero attached hydrogens (tertiary/aromatic N) is 2. The Morgan fingerprint density at radius 1 is 1.28 bits per heavy atom. The lowest BCUT2D eigenvalue weighted by molar-refractivity contribution is 0.206. The van der Waals surface area contributed by atoms with Crippen LogP contribution in [-0.4, -0.2) is 43.6 Å². The first-order valence-corrected chi connectivity index (χ1v) is 7.93. The number of ether oxygens (including phenoxy) is 1. The number of rotatable bonds is 6. The van der Waals surface area contributed by atoms with Gasteiger partial charge in [-0.1, -0.05) is 18.2 Å². The predicted octanol–water partition coefficient (Wildman–Crippen LogP) is 3.85. The Kier molecular flexibility index (Phi) is 5.00. The highest BCUT2D eigenvalue weighted by Gasteiger charge is 2.10. The molecule has 6 heteroatoms. The van der Waals surface area contributed by atoms with Crippen molar-refractivity contribution in [3.63, 3.8) is 0 Å². The molecular formula is C19H20FN3O2. The van der Waals surface area contributed by atoms with E-state index in [9.17, 15) is 9.50 Å². The van der Waals surface area contributed by atoms with Gasteiger partial charge in [-0.2, -0.15) is 0 Å². The number of methoxy groups -OCH3 is 1. The molecule has 0 spiro atoms. The van der Waals surface area contributed by atoms with Gasteiger partial charge in [-0.15, -0.1) is 0 Å². The summed E-state index contributed by atoms with van der Waals surface area (Å²) in [6, 6.07) is 12.3. The van der Waals surface area contributed by atoms with E-state index in [0.717, 1.165) is 10.9 Å². The average Bonchev–Trinajstić information content (AvgIpc) is 2.93. The molecule has 0 aliphatic carbocycles. The summed E-state index contributed by atoms with van der Waals surface area (Å²) in [5.74, 6) is -0.308. The van der Waals surface area contributed by atoms with E-state index >= 15 is 0 Å². The van der Waals surface area contributed by atoms with Crippen LogP contribution in [-0.2, 0) is 4.74 Å². The van der Waals surface area contributed by atoms with Crippen molar-refractivity contribution >= 4 is 28.5 Å². The van der Waals surface area contributed by atoms with Crippen molar-refractivity contribution in [3.05, 3.63) is 53.8 Å². The standard InChI is InChI=1S/C19H20FN3O2/c1-23(9-10-25-2)18-8-7-13(11-16(18)20)21-12-15-14-5-3-4-6-17(14)22-19(15)24/h3-8,11-12,22,24H,9-10H2,1-2H3. The van der Waals surface area contributed by atoms with Crippen LogP contribution < -0.4 is 4.90 Å². The number of aliphatic imine (C=N–C) groups is 1. The number of aromatic hydroxyl groups is 1. The zero-order valence-electron chi connectivity index (χ0n) is 14.2. The molecule has 0 aliphatic heterocycles. The highest BCUT2D eigenvalue weighted by atomic mass is 19.1. The van der Waals surface area contributed by atoms with E-state index in [4.69, 9.17) is 4.74 Å². The third-order valence-electron chi connectivity index (χ3n) is 4.04. The van der Waals surface area contributed by atoms with Gasteiger partial charge in [-0.05, 0) is 18.2 Å². The van der Waals surface area contributed by atoms with E-state index in [0.29, 0.717) is 30.1 Å². The van der Waals surface area contributed by atoms with Crippen LogP contribution in [0.15, 0.2) is 47.5 Å². The van der Waals surface area contributed by atoms with Crippen LogP contribution in [0.25, 0.3) is 10.9 Å². The van der Waals surface area contributed by atoms with Crippen molar-refractivity contribution in [3.8, 4) is 5.88 Å². The van der Waals surface area contributed by atoms with E-state index in [1.54, 1.807) is 24.1 Å². The number of anilines is 1. The fourth-order valence-corrected chi connectivity index (χ4v) is 2.65. The highest BCUT2D eigenvalue weighted by molar-refractivity contribution is 6.02. The maximum absolute atomic E-state index is 14.3. The fraction of sp³-hybridized carbons (Fsp3) is 0.211. The number of para-hydroxylation sites is 1. The van der Waals surface area contributed by atoms with Crippen LogP contribution in [0.3, 0.4) is 0 Å². The van der Waals surface area contributed by atoms with Crippen LogP contribution in [0.5, 0.6) is 5.88 Å². The Morgan fingerprint density at radius 2 is 2.08 bits per heavy atom. The van der Waals surface area contributed by atoms with Crippen LogP contribution in [0.4, 0.5) is 15.8 Å². The molecule has 0 aliphatic rings. The molecule has 0 saturated heterocycles.